The summed E-state index contributed by atoms with van der Waals surface area (Å²) in [5, 5.41) is 10.3. The van der Waals surface area contributed by atoms with Crippen molar-refractivity contribution in [3.8, 4) is 5.75 Å². The summed E-state index contributed by atoms with van der Waals surface area (Å²) >= 11 is 0. The molecule has 0 bridgehead atoms. The van der Waals surface area contributed by atoms with Crippen LogP contribution in [0.15, 0.2) is 36.5 Å². The fourth-order valence-electron chi connectivity index (χ4n) is 2.04. The van der Waals surface area contributed by atoms with Crippen molar-refractivity contribution < 1.29 is 9.84 Å². The number of methoxy groups -OCH3 is 1. The van der Waals surface area contributed by atoms with E-state index < -0.39 is 6.10 Å². The number of benzene rings is 1. The van der Waals surface area contributed by atoms with Gasteiger partial charge >= 0.3 is 0 Å². The van der Waals surface area contributed by atoms with Crippen LogP contribution in [0.2, 0.25) is 0 Å². The molecule has 100 valence electrons. The Balaban J connectivity index is 2.25. The largest absolute Gasteiger partial charge is 0.496 e. The molecule has 0 saturated carbocycles. The van der Waals surface area contributed by atoms with Gasteiger partial charge in [0.15, 0.2) is 0 Å². The number of nitrogens with two attached hydrogens (primary N) is 1. The Hall–Kier alpha value is -2.07. The monoisotopic (exact) mass is 258 g/mol. The van der Waals surface area contributed by atoms with Gasteiger partial charge in [0.1, 0.15) is 11.6 Å². The molecule has 0 amide bonds. The molecule has 0 aliphatic heterocycles. The van der Waals surface area contributed by atoms with Gasteiger partial charge in [-0.15, -0.1) is 0 Å². The first-order chi connectivity index (χ1) is 9.11. The lowest BCUT2D eigenvalue weighted by molar-refractivity contribution is 0.174. The van der Waals surface area contributed by atoms with Gasteiger partial charge in [0.25, 0.3) is 0 Å². The lowest BCUT2D eigenvalue weighted by Gasteiger charge is -2.16. The van der Waals surface area contributed by atoms with Crippen LogP contribution in [0.4, 0.5) is 5.82 Å². The van der Waals surface area contributed by atoms with Gasteiger partial charge in [0.05, 0.1) is 13.2 Å². The zero-order valence-electron chi connectivity index (χ0n) is 11.1. The normalized spacial score (nSPS) is 12.2. The van der Waals surface area contributed by atoms with Gasteiger partial charge in [-0.3, -0.25) is 0 Å². The Morgan fingerprint density at radius 1 is 1.37 bits per heavy atom. The molecule has 0 aliphatic rings. The van der Waals surface area contributed by atoms with E-state index in [1.807, 2.05) is 37.3 Å². The van der Waals surface area contributed by atoms with E-state index in [0.29, 0.717) is 18.0 Å². The van der Waals surface area contributed by atoms with Gasteiger partial charge in [0.2, 0.25) is 0 Å². The number of aryl methyl sites for hydroxylation is 1. The number of nitrogen functional groups attached to an aromatic ring is 1. The molecule has 0 spiro atoms. The topological polar surface area (TPSA) is 68.4 Å². The lowest BCUT2D eigenvalue weighted by Crippen LogP contribution is -2.07. The number of anilines is 1. The van der Waals surface area contributed by atoms with Crippen LogP contribution in [0, 0.1) is 6.92 Å². The van der Waals surface area contributed by atoms with Crippen LogP contribution in [-0.4, -0.2) is 17.2 Å². The second-order valence-electron chi connectivity index (χ2n) is 4.51. The van der Waals surface area contributed by atoms with Crippen LogP contribution in [0.1, 0.15) is 22.8 Å². The number of hydrogen-bond acceptors (Lipinski definition) is 4. The molecular formula is C15H18N2O2. The van der Waals surface area contributed by atoms with Gasteiger partial charge in [0, 0.05) is 18.2 Å². The maximum atomic E-state index is 10.3. The molecule has 0 fully saturated rings. The minimum absolute atomic E-state index is 0.416. The molecule has 1 heterocycles. The highest BCUT2D eigenvalue weighted by atomic mass is 16.5. The molecule has 1 unspecified atom stereocenters. The molecule has 1 aromatic carbocycles. The third kappa shape index (κ3) is 3.03. The molecule has 1 atom stereocenters. The maximum Gasteiger partial charge on any atom is 0.126 e. The summed E-state index contributed by atoms with van der Waals surface area (Å²) < 4.78 is 5.31. The van der Waals surface area contributed by atoms with Crippen molar-refractivity contribution in [2.24, 2.45) is 0 Å². The molecule has 2 rings (SSSR count). The van der Waals surface area contributed by atoms with Gasteiger partial charge in [-0.1, -0.05) is 18.2 Å². The van der Waals surface area contributed by atoms with E-state index in [0.717, 1.165) is 16.7 Å². The Kier molecular flexibility index (Phi) is 4.02. The van der Waals surface area contributed by atoms with Crippen molar-refractivity contribution in [1.82, 2.24) is 4.98 Å². The number of pyridine rings is 1. The highest BCUT2D eigenvalue weighted by molar-refractivity contribution is 5.42. The number of ether oxygens (including phenoxy) is 1. The van der Waals surface area contributed by atoms with Gasteiger partial charge in [-0.2, -0.15) is 0 Å². The maximum absolute atomic E-state index is 10.3. The second-order valence-corrected chi connectivity index (χ2v) is 4.51. The van der Waals surface area contributed by atoms with Crippen molar-refractivity contribution in [2.75, 3.05) is 12.8 Å². The smallest absolute Gasteiger partial charge is 0.126 e. The Labute approximate surface area is 112 Å². The molecular weight excluding hydrogens is 240 g/mol. The van der Waals surface area contributed by atoms with Crippen molar-refractivity contribution in [1.29, 1.82) is 0 Å². The molecule has 0 saturated heterocycles. The summed E-state index contributed by atoms with van der Waals surface area (Å²) in [6.45, 7) is 1.98. The first kappa shape index (κ1) is 13.4. The first-order valence-electron chi connectivity index (χ1n) is 6.13. The summed E-state index contributed by atoms with van der Waals surface area (Å²) in [4.78, 5) is 4.02. The molecule has 0 aliphatic carbocycles. The average molecular weight is 258 g/mol. The van der Waals surface area contributed by atoms with Crippen LogP contribution in [0.25, 0.3) is 0 Å². The summed E-state index contributed by atoms with van der Waals surface area (Å²) in [7, 11) is 1.60. The second kappa shape index (κ2) is 5.71. The van der Waals surface area contributed by atoms with Crippen molar-refractivity contribution in [2.45, 2.75) is 19.4 Å². The Morgan fingerprint density at radius 3 is 2.84 bits per heavy atom. The highest BCUT2D eigenvalue weighted by Crippen LogP contribution is 2.29. The van der Waals surface area contributed by atoms with Crippen LogP contribution in [-0.2, 0) is 6.42 Å². The van der Waals surface area contributed by atoms with E-state index in [-0.39, 0.29) is 0 Å². The molecule has 1 aromatic heterocycles. The van der Waals surface area contributed by atoms with Crippen LogP contribution in [0.3, 0.4) is 0 Å². The van der Waals surface area contributed by atoms with Crippen molar-refractivity contribution >= 4 is 5.82 Å². The quantitative estimate of drug-likeness (QED) is 0.882. The van der Waals surface area contributed by atoms with Crippen molar-refractivity contribution in [3.63, 3.8) is 0 Å². The summed E-state index contributed by atoms with van der Waals surface area (Å²) in [5.41, 5.74) is 8.47. The summed E-state index contributed by atoms with van der Waals surface area (Å²) in [6, 6.07) is 9.42. The number of rotatable bonds is 4. The van der Waals surface area contributed by atoms with E-state index in [2.05, 4.69) is 4.98 Å². The van der Waals surface area contributed by atoms with Gasteiger partial charge < -0.3 is 15.6 Å². The SMILES string of the molecule is COc1cc(C)ccc1C(O)Cc1cccnc1N. The summed E-state index contributed by atoms with van der Waals surface area (Å²) in [6.07, 6.45) is 1.39. The number of aliphatic hydroxyl groups is 1. The average Bonchev–Trinajstić information content (AvgIpc) is 2.41. The molecule has 2 aromatic rings. The van der Waals surface area contributed by atoms with Crippen LogP contribution >= 0.6 is 0 Å². The van der Waals surface area contributed by atoms with E-state index in [4.69, 9.17) is 10.5 Å². The number of nitrogens with zero attached hydrogens (tertiary/aromatic N) is 1. The minimum Gasteiger partial charge on any atom is -0.496 e. The van der Waals surface area contributed by atoms with E-state index in [9.17, 15) is 5.11 Å². The van der Waals surface area contributed by atoms with Crippen LogP contribution < -0.4 is 10.5 Å². The Morgan fingerprint density at radius 2 is 2.16 bits per heavy atom. The zero-order valence-corrected chi connectivity index (χ0v) is 11.1. The van der Waals surface area contributed by atoms with E-state index in [1.165, 1.54) is 0 Å². The summed E-state index contributed by atoms with van der Waals surface area (Å²) in [5.74, 6) is 1.14. The fraction of sp³-hybridized carbons (Fsp3) is 0.267. The Bertz CT molecular complexity index is 570. The fourth-order valence-corrected chi connectivity index (χ4v) is 2.04. The molecule has 0 radical (unpaired) electrons. The number of hydrogen-bond donors (Lipinski definition) is 2. The van der Waals surface area contributed by atoms with Crippen LogP contribution in [0.5, 0.6) is 5.75 Å². The standard InChI is InChI=1S/C15H18N2O2/c1-10-5-6-12(14(8-10)19-2)13(18)9-11-4-3-7-17-15(11)16/h3-8,13,18H,9H2,1-2H3,(H2,16,17). The predicted octanol–water partition coefficient (Wildman–Crippen LogP) is 2.26. The zero-order chi connectivity index (χ0) is 13.8. The molecule has 3 N–H and O–H groups in total. The van der Waals surface area contributed by atoms with Gasteiger partial charge in [-0.05, 0) is 30.2 Å². The van der Waals surface area contributed by atoms with Gasteiger partial charge in [-0.25, -0.2) is 4.98 Å². The predicted molar refractivity (Wildman–Crippen MR) is 75.0 cm³/mol. The lowest BCUT2D eigenvalue weighted by atomic mass is 10.00. The minimum atomic E-state index is -0.665. The number of aromatic nitrogens is 1. The van der Waals surface area contributed by atoms with Crippen molar-refractivity contribution in [3.05, 3.63) is 53.2 Å². The molecule has 4 nitrogen and oxygen atoms in total. The third-order valence-corrected chi connectivity index (χ3v) is 3.09. The van der Waals surface area contributed by atoms with E-state index in [1.54, 1.807) is 13.3 Å². The molecule has 19 heavy (non-hydrogen) atoms. The highest BCUT2D eigenvalue weighted by Gasteiger charge is 2.15. The third-order valence-electron chi connectivity index (χ3n) is 3.09. The number of aliphatic hydroxyl groups excluding tert-OH is 1. The first-order valence-corrected chi connectivity index (χ1v) is 6.13. The van der Waals surface area contributed by atoms with E-state index >= 15 is 0 Å². The molecule has 4 heteroatoms.